The summed E-state index contributed by atoms with van der Waals surface area (Å²) in [7, 11) is 0. The molecule has 2 aromatic carbocycles. The van der Waals surface area contributed by atoms with Gasteiger partial charge in [0, 0.05) is 18.1 Å². The maximum Gasteiger partial charge on any atom is 0.261 e. The third-order valence-electron chi connectivity index (χ3n) is 5.13. The Hall–Kier alpha value is -2.04. The molecule has 0 saturated carbocycles. The lowest BCUT2D eigenvalue weighted by Gasteiger charge is -2.18. The van der Waals surface area contributed by atoms with E-state index >= 15 is 0 Å². The van der Waals surface area contributed by atoms with Gasteiger partial charge in [0.05, 0.1) is 0 Å². The number of hydrogen-bond donors (Lipinski definition) is 1. The first-order valence-corrected chi connectivity index (χ1v) is 10.4. The van der Waals surface area contributed by atoms with Crippen molar-refractivity contribution in [3.63, 3.8) is 0 Å². The predicted octanol–water partition coefficient (Wildman–Crippen LogP) is 4.72. The second-order valence-electron chi connectivity index (χ2n) is 7.45. The predicted molar refractivity (Wildman–Crippen MR) is 114 cm³/mol. The summed E-state index contributed by atoms with van der Waals surface area (Å²) >= 11 is 6.06. The van der Waals surface area contributed by atoms with Crippen molar-refractivity contribution in [3.05, 3.63) is 64.2 Å². The first-order valence-electron chi connectivity index (χ1n) is 10.1. The number of carbonyl (C=O) groups is 1. The van der Waals surface area contributed by atoms with Crippen molar-refractivity contribution in [2.75, 3.05) is 13.1 Å². The van der Waals surface area contributed by atoms with E-state index < -0.39 is 6.10 Å². The molecular weight excluding hydrogens is 372 g/mol. The number of rotatable bonds is 8. The van der Waals surface area contributed by atoms with E-state index in [9.17, 15) is 4.79 Å². The average Bonchev–Trinajstić information content (AvgIpc) is 3.20. The molecule has 1 atom stereocenters. The van der Waals surface area contributed by atoms with Crippen LogP contribution in [0.15, 0.2) is 42.5 Å². The summed E-state index contributed by atoms with van der Waals surface area (Å²) in [5.74, 6) is 0.566. The Bertz CT molecular complexity index is 803. The van der Waals surface area contributed by atoms with Crippen molar-refractivity contribution in [3.8, 4) is 5.75 Å². The summed E-state index contributed by atoms with van der Waals surface area (Å²) < 4.78 is 5.88. The van der Waals surface area contributed by atoms with E-state index in [1.54, 1.807) is 12.1 Å². The van der Waals surface area contributed by atoms with Crippen LogP contribution in [0.3, 0.4) is 0 Å². The second kappa shape index (κ2) is 9.94. The van der Waals surface area contributed by atoms with Crippen LogP contribution in [0.25, 0.3) is 0 Å². The molecule has 28 heavy (non-hydrogen) atoms. The van der Waals surface area contributed by atoms with Gasteiger partial charge >= 0.3 is 0 Å². The Balaban J connectivity index is 1.55. The van der Waals surface area contributed by atoms with Crippen LogP contribution in [0.1, 0.15) is 42.9 Å². The molecule has 1 aliphatic heterocycles. The zero-order chi connectivity index (χ0) is 19.9. The topological polar surface area (TPSA) is 41.6 Å². The van der Waals surface area contributed by atoms with Crippen LogP contribution in [0.2, 0.25) is 5.02 Å². The van der Waals surface area contributed by atoms with Crippen molar-refractivity contribution in [2.24, 2.45) is 0 Å². The van der Waals surface area contributed by atoms with E-state index in [0.717, 1.165) is 17.7 Å². The molecule has 0 unspecified atom stereocenters. The number of halogens is 1. The van der Waals surface area contributed by atoms with Crippen molar-refractivity contribution in [2.45, 2.75) is 52.3 Å². The third kappa shape index (κ3) is 5.73. The molecule has 1 N–H and O–H groups in total. The Labute approximate surface area is 172 Å². The molecule has 150 valence electrons. The first-order chi connectivity index (χ1) is 13.5. The van der Waals surface area contributed by atoms with Gasteiger partial charge < -0.3 is 10.1 Å². The smallest absolute Gasteiger partial charge is 0.261 e. The molecule has 4 nitrogen and oxygen atoms in total. The number of benzene rings is 2. The van der Waals surface area contributed by atoms with Gasteiger partial charge in [0.15, 0.2) is 6.10 Å². The lowest BCUT2D eigenvalue weighted by atomic mass is 10.1. The van der Waals surface area contributed by atoms with E-state index in [4.69, 9.17) is 16.3 Å². The SMILES string of the molecule is CC[C@@H](Oc1ccc(Cl)c(C)c1)C(=O)NCc1cccc(CN2CCCC2)c1. The highest BCUT2D eigenvalue weighted by atomic mass is 35.5. The van der Waals surface area contributed by atoms with Crippen LogP contribution in [-0.2, 0) is 17.9 Å². The lowest BCUT2D eigenvalue weighted by Crippen LogP contribution is -2.37. The highest BCUT2D eigenvalue weighted by Gasteiger charge is 2.18. The van der Waals surface area contributed by atoms with Gasteiger partial charge in [-0.1, -0.05) is 42.8 Å². The van der Waals surface area contributed by atoms with Gasteiger partial charge in [-0.25, -0.2) is 0 Å². The van der Waals surface area contributed by atoms with Gasteiger partial charge in [-0.05, 0) is 74.2 Å². The maximum atomic E-state index is 12.6. The fourth-order valence-corrected chi connectivity index (χ4v) is 3.63. The number of amides is 1. The van der Waals surface area contributed by atoms with Crippen molar-refractivity contribution >= 4 is 17.5 Å². The molecule has 1 saturated heterocycles. The van der Waals surface area contributed by atoms with Crippen molar-refractivity contribution in [1.82, 2.24) is 10.2 Å². The van der Waals surface area contributed by atoms with E-state index in [0.29, 0.717) is 23.7 Å². The summed E-state index contributed by atoms with van der Waals surface area (Å²) in [6.07, 6.45) is 2.67. The van der Waals surface area contributed by atoms with Crippen LogP contribution >= 0.6 is 11.6 Å². The summed E-state index contributed by atoms with van der Waals surface area (Å²) in [6, 6.07) is 13.9. The summed E-state index contributed by atoms with van der Waals surface area (Å²) in [5.41, 5.74) is 3.35. The van der Waals surface area contributed by atoms with E-state index in [1.807, 2.05) is 19.9 Å². The molecule has 1 fully saturated rings. The van der Waals surface area contributed by atoms with Gasteiger partial charge in [0.1, 0.15) is 5.75 Å². The minimum absolute atomic E-state index is 0.0972. The molecule has 5 heteroatoms. The van der Waals surface area contributed by atoms with Gasteiger partial charge in [-0.2, -0.15) is 0 Å². The summed E-state index contributed by atoms with van der Waals surface area (Å²) in [5, 5.41) is 3.71. The molecule has 1 aliphatic rings. The largest absolute Gasteiger partial charge is 0.481 e. The van der Waals surface area contributed by atoms with Gasteiger partial charge in [0.25, 0.3) is 5.91 Å². The molecule has 1 amide bonds. The number of hydrogen-bond acceptors (Lipinski definition) is 3. The Morgan fingerprint density at radius 3 is 2.64 bits per heavy atom. The number of ether oxygens (including phenoxy) is 1. The average molecular weight is 401 g/mol. The molecule has 0 aliphatic carbocycles. The Morgan fingerprint density at radius 2 is 1.93 bits per heavy atom. The van der Waals surface area contributed by atoms with Gasteiger partial charge in [-0.3, -0.25) is 9.69 Å². The van der Waals surface area contributed by atoms with Crippen LogP contribution in [0, 0.1) is 6.92 Å². The lowest BCUT2D eigenvalue weighted by molar-refractivity contribution is -0.128. The quantitative estimate of drug-likeness (QED) is 0.697. The van der Waals surface area contributed by atoms with E-state index in [1.165, 1.54) is 31.5 Å². The van der Waals surface area contributed by atoms with Crippen molar-refractivity contribution < 1.29 is 9.53 Å². The number of carbonyl (C=O) groups excluding carboxylic acids is 1. The fraction of sp³-hybridized carbons (Fsp3) is 0.435. The van der Waals surface area contributed by atoms with Crippen LogP contribution in [-0.4, -0.2) is 30.0 Å². The summed E-state index contributed by atoms with van der Waals surface area (Å²) in [4.78, 5) is 15.1. The number of nitrogens with one attached hydrogen (secondary N) is 1. The maximum absolute atomic E-state index is 12.6. The minimum atomic E-state index is -0.520. The molecule has 1 heterocycles. The van der Waals surface area contributed by atoms with Gasteiger partial charge in [0.2, 0.25) is 0 Å². The third-order valence-corrected chi connectivity index (χ3v) is 5.56. The molecule has 3 rings (SSSR count). The summed E-state index contributed by atoms with van der Waals surface area (Å²) in [6.45, 7) is 7.72. The van der Waals surface area contributed by atoms with Crippen molar-refractivity contribution in [1.29, 1.82) is 0 Å². The second-order valence-corrected chi connectivity index (χ2v) is 7.85. The van der Waals surface area contributed by atoms with Gasteiger partial charge in [-0.15, -0.1) is 0 Å². The number of likely N-dealkylation sites (tertiary alicyclic amines) is 1. The monoisotopic (exact) mass is 400 g/mol. The van der Waals surface area contributed by atoms with Crippen LogP contribution < -0.4 is 10.1 Å². The Morgan fingerprint density at radius 1 is 1.18 bits per heavy atom. The highest BCUT2D eigenvalue weighted by molar-refractivity contribution is 6.31. The first kappa shape index (κ1) is 20.7. The molecular formula is C23H29ClN2O2. The molecule has 0 radical (unpaired) electrons. The zero-order valence-electron chi connectivity index (χ0n) is 16.7. The van der Waals surface area contributed by atoms with E-state index in [-0.39, 0.29) is 5.91 Å². The number of nitrogens with zero attached hydrogens (tertiary/aromatic N) is 1. The molecule has 2 aromatic rings. The fourth-order valence-electron chi connectivity index (χ4n) is 3.52. The minimum Gasteiger partial charge on any atom is -0.481 e. The zero-order valence-corrected chi connectivity index (χ0v) is 17.5. The molecule has 0 aromatic heterocycles. The van der Waals surface area contributed by atoms with E-state index in [2.05, 4.69) is 34.5 Å². The molecule has 0 spiro atoms. The van der Waals surface area contributed by atoms with Crippen LogP contribution in [0.4, 0.5) is 0 Å². The standard InChI is InChI=1S/C23H29ClN2O2/c1-3-22(28-20-9-10-21(24)17(2)13-20)23(27)25-15-18-7-6-8-19(14-18)16-26-11-4-5-12-26/h6-10,13-14,22H,3-5,11-12,15-16H2,1-2H3,(H,25,27)/t22-/m1/s1. The number of aryl methyl sites for hydroxylation is 1. The normalized spacial score (nSPS) is 15.4. The Kier molecular flexibility index (Phi) is 7.35. The van der Waals surface area contributed by atoms with Crippen LogP contribution in [0.5, 0.6) is 5.75 Å². The molecule has 0 bridgehead atoms. The highest BCUT2D eigenvalue weighted by Crippen LogP contribution is 2.22.